The first-order valence-electron chi connectivity index (χ1n) is 11.1. The fraction of sp³-hybridized carbons (Fsp3) is 0.333. The quantitative estimate of drug-likeness (QED) is 0.396. The van der Waals surface area contributed by atoms with E-state index >= 15 is 0 Å². The van der Waals surface area contributed by atoms with Crippen LogP contribution in [0.25, 0.3) is 0 Å². The average molecular weight is 401 g/mol. The molecule has 0 atom stereocenters. The zero-order chi connectivity index (χ0) is 20.6. The molecule has 3 nitrogen and oxygen atoms in total. The van der Waals surface area contributed by atoms with E-state index < -0.39 is 0 Å². The van der Waals surface area contributed by atoms with Crippen LogP contribution in [0.5, 0.6) is 5.75 Å². The highest BCUT2D eigenvalue weighted by molar-refractivity contribution is 5.41. The molecule has 0 radical (unpaired) electrons. The lowest BCUT2D eigenvalue weighted by atomic mass is 9.76. The summed E-state index contributed by atoms with van der Waals surface area (Å²) in [6.07, 6.45) is 3.54. The van der Waals surface area contributed by atoms with Crippen LogP contribution in [-0.2, 0) is 0 Å². The van der Waals surface area contributed by atoms with Gasteiger partial charge in [-0.3, -0.25) is 0 Å². The van der Waals surface area contributed by atoms with Crippen LogP contribution in [-0.4, -0.2) is 31.1 Å². The van der Waals surface area contributed by atoms with Gasteiger partial charge in [0, 0.05) is 18.2 Å². The normalized spacial score (nSPS) is 15.4. The third-order valence-corrected chi connectivity index (χ3v) is 6.19. The van der Waals surface area contributed by atoms with Crippen molar-refractivity contribution in [1.82, 2.24) is 4.90 Å². The van der Waals surface area contributed by atoms with Crippen LogP contribution in [0.4, 0.5) is 5.69 Å². The summed E-state index contributed by atoms with van der Waals surface area (Å²) in [7, 11) is 0. The van der Waals surface area contributed by atoms with Gasteiger partial charge in [0.25, 0.3) is 0 Å². The zero-order valence-corrected chi connectivity index (χ0v) is 17.6. The number of hydrogen-bond donors (Lipinski definition) is 1. The van der Waals surface area contributed by atoms with Gasteiger partial charge >= 0.3 is 0 Å². The maximum absolute atomic E-state index is 5.84. The largest absolute Gasteiger partial charge is 0.494 e. The SMILES string of the molecule is Nc1ccc(OCCCN2CCC(C(c3ccccc3)c3ccccc3)CC2)cc1. The van der Waals surface area contributed by atoms with Crippen LogP contribution < -0.4 is 10.5 Å². The Morgan fingerprint density at radius 3 is 1.93 bits per heavy atom. The zero-order valence-electron chi connectivity index (χ0n) is 17.6. The van der Waals surface area contributed by atoms with Gasteiger partial charge in [-0.1, -0.05) is 60.7 Å². The second-order valence-electron chi connectivity index (χ2n) is 8.25. The highest BCUT2D eigenvalue weighted by Crippen LogP contribution is 2.37. The Bertz CT molecular complexity index is 832. The van der Waals surface area contributed by atoms with Crippen molar-refractivity contribution >= 4 is 5.69 Å². The first kappa shape index (κ1) is 20.5. The molecule has 3 aromatic rings. The Balaban J connectivity index is 1.28. The number of benzene rings is 3. The van der Waals surface area contributed by atoms with Crippen molar-refractivity contribution in [2.24, 2.45) is 5.92 Å². The molecule has 1 aliphatic heterocycles. The van der Waals surface area contributed by atoms with Crippen LogP contribution in [0.15, 0.2) is 84.9 Å². The van der Waals surface area contributed by atoms with Crippen molar-refractivity contribution in [2.45, 2.75) is 25.2 Å². The number of rotatable bonds is 8. The van der Waals surface area contributed by atoms with Gasteiger partial charge in [0.05, 0.1) is 6.61 Å². The number of anilines is 1. The molecule has 2 N–H and O–H groups in total. The number of likely N-dealkylation sites (tertiary alicyclic amines) is 1. The molecule has 1 heterocycles. The van der Waals surface area contributed by atoms with E-state index in [2.05, 4.69) is 65.6 Å². The van der Waals surface area contributed by atoms with E-state index in [1.807, 2.05) is 24.3 Å². The van der Waals surface area contributed by atoms with Gasteiger partial charge < -0.3 is 15.4 Å². The van der Waals surface area contributed by atoms with E-state index in [4.69, 9.17) is 10.5 Å². The van der Waals surface area contributed by atoms with E-state index in [9.17, 15) is 0 Å². The molecule has 1 saturated heterocycles. The maximum Gasteiger partial charge on any atom is 0.119 e. The molecular formula is C27H32N2O. The number of piperidine rings is 1. The summed E-state index contributed by atoms with van der Waals surface area (Å²) in [6, 6.07) is 29.7. The molecule has 3 aromatic carbocycles. The van der Waals surface area contributed by atoms with E-state index in [0.29, 0.717) is 11.8 Å². The molecule has 3 heteroatoms. The molecule has 0 unspecified atom stereocenters. The Hall–Kier alpha value is -2.78. The lowest BCUT2D eigenvalue weighted by Gasteiger charge is -2.36. The predicted octanol–water partition coefficient (Wildman–Crippen LogP) is 5.58. The minimum atomic E-state index is 0.489. The van der Waals surface area contributed by atoms with Crippen LogP contribution in [0.3, 0.4) is 0 Å². The van der Waals surface area contributed by atoms with Crippen molar-refractivity contribution in [2.75, 3.05) is 32.0 Å². The van der Waals surface area contributed by atoms with E-state index in [1.54, 1.807) is 0 Å². The number of nitrogen functional groups attached to an aromatic ring is 1. The second-order valence-corrected chi connectivity index (χ2v) is 8.25. The summed E-state index contributed by atoms with van der Waals surface area (Å²) in [5, 5.41) is 0. The van der Waals surface area contributed by atoms with Gasteiger partial charge in [0.15, 0.2) is 0 Å². The molecule has 4 rings (SSSR count). The molecule has 30 heavy (non-hydrogen) atoms. The molecular weight excluding hydrogens is 368 g/mol. The topological polar surface area (TPSA) is 38.5 Å². The van der Waals surface area contributed by atoms with Crippen molar-refractivity contribution < 1.29 is 4.74 Å². The van der Waals surface area contributed by atoms with Gasteiger partial charge in [-0.05, 0) is 73.7 Å². The molecule has 0 saturated carbocycles. The number of nitrogens with zero attached hydrogens (tertiary/aromatic N) is 1. The molecule has 0 amide bonds. The first-order valence-corrected chi connectivity index (χ1v) is 11.1. The number of ether oxygens (including phenoxy) is 1. The van der Waals surface area contributed by atoms with Gasteiger partial charge in [-0.15, -0.1) is 0 Å². The van der Waals surface area contributed by atoms with Gasteiger partial charge in [0.1, 0.15) is 5.75 Å². The number of nitrogens with two attached hydrogens (primary N) is 1. The Morgan fingerprint density at radius 2 is 1.37 bits per heavy atom. The minimum Gasteiger partial charge on any atom is -0.494 e. The average Bonchev–Trinajstić information content (AvgIpc) is 2.80. The molecule has 1 aliphatic rings. The summed E-state index contributed by atoms with van der Waals surface area (Å²) < 4.78 is 5.84. The minimum absolute atomic E-state index is 0.489. The van der Waals surface area contributed by atoms with Crippen molar-refractivity contribution in [3.8, 4) is 5.75 Å². The van der Waals surface area contributed by atoms with Gasteiger partial charge in [-0.2, -0.15) is 0 Å². The molecule has 0 aromatic heterocycles. The van der Waals surface area contributed by atoms with Crippen LogP contribution in [0.1, 0.15) is 36.3 Å². The highest BCUT2D eigenvalue weighted by atomic mass is 16.5. The van der Waals surface area contributed by atoms with Crippen LogP contribution >= 0.6 is 0 Å². The third kappa shape index (κ3) is 5.43. The Kier molecular flexibility index (Phi) is 7.04. The van der Waals surface area contributed by atoms with Crippen LogP contribution in [0.2, 0.25) is 0 Å². The summed E-state index contributed by atoms with van der Waals surface area (Å²) in [4.78, 5) is 2.59. The van der Waals surface area contributed by atoms with E-state index in [-0.39, 0.29) is 0 Å². The lowest BCUT2D eigenvalue weighted by molar-refractivity contribution is 0.163. The molecule has 156 valence electrons. The lowest BCUT2D eigenvalue weighted by Crippen LogP contribution is -2.36. The number of hydrogen-bond acceptors (Lipinski definition) is 3. The third-order valence-electron chi connectivity index (χ3n) is 6.19. The van der Waals surface area contributed by atoms with Gasteiger partial charge in [0.2, 0.25) is 0 Å². The van der Waals surface area contributed by atoms with Crippen molar-refractivity contribution in [1.29, 1.82) is 0 Å². The Labute approximate surface area is 180 Å². The fourth-order valence-corrected chi connectivity index (χ4v) is 4.61. The summed E-state index contributed by atoms with van der Waals surface area (Å²) in [5.41, 5.74) is 9.38. The van der Waals surface area contributed by atoms with Crippen molar-refractivity contribution in [3.63, 3.8) is 0 Å². The standard InChI is InChI=1S/C27H32N2O/c28-25-12-14-26(15-13-25)30-21-7-18-29-19-16-24(17-20-29)27(22-8-3-1-4-9-22)23-10-5-2-6-11-23/h1-6,8-15,24,27H,7,16-21,28H2. The fourth-order valence-electron chi connectivity index (χ4n) is 4.61. The predicted molar refractivity (Wildman–Crippen MR) is 125 cm³/mol. The highest BCUT2D eigenvalue weighted by Gasteiger charge is 2.28. The summed E-state index contributed by atoms with van der Waals surface area (Å²) in [5.74, 6) is 2.08. The summed E-state index contributed by atoms with van der Waals surface area (Å²) >= 11 is 0. The van der Waals surface area contributed by atoms with Crippen LogP contribution in [0, 0.1) is 5.92 Å². The smallest absolute Gasteiger partial charge is 0.119 e. The molecule has 0 spiro atoms. The maximum atomic E-state index is 5.84. The van der Waals surface area contributed by atoms with Gasteiger partial charge in [-0.25, -0.2) is 0 Å². The molecule has 0 aliphatic carbocycles. The first-order chi connectivity index (χ1) is 14.8. The second kappa shape index (κ2) is 10.3. The molecule has 0 bridgehead atoms. The van der Waals surface area contributed by atoms with E-state index in [1.165, 1.54) is 37.1 Å². The Morgan fingerprint density at radius 1 is 0.800 bits per heavy atom. The van der Waals surface area contributed by atoms with Crippen molar-refractivity contribution in [3.05, 3.63) is 96.1 Å². The summed E-state index contributed by atoms with van der Waals surface area (Å²) in [6.45, 7) is 4.19. The monoisotopic (exact) mass is 400 g/mol. The molecule has 1 fully saturated rings. The van der Waals surface area contributed by atoms with E-state index in [0.717, 1.165) is 31.0 Å².